The van der Waals surface area contributed by atoms with E-state index < -0.39 is 0 Å². The molecule has 0 spiro atoms. The average Bonchev–Trinajstić information content (AvgIpc) is 3.11. The van der Waals surface area contributed by atoms with Crippen LogP contribution in [0, 0.1) is 58.2 Å². The molecule has 5 rings (SSSR count). The number of nitrogens with zero attached hydrogens (tertiary/aromatic N) is 1. The highest BCUT2D eigenvalue weighted by molar-refractivity contribution is 5.48. The third-order valence-electron chi connectivity index (χ3n) is 10.3. The first-order chi connectivity index (χ1) is 14.5. The molecule has 1 aromatic carbocycles. The standard InChI is InChI=1S/C28H40N2/c1-18-4-10-23-21(16-18)7-11-25-24(23)14-15-28(3)26(12-13-27(25)28)19(2)30-22-8-5-20(17-29)6-9-22/h5-6,8-9,18-19,21,23-27,30H,4,7,10-16H2,1-3H3/t18-,19-,21+,23-,24?,25+,26?,27?,28+/m0/s1. The summed E-state index contributed by atoms with van der Waals surface area (Å²) in [5.74, 6) is 6.84. The Morgan fingerprint density at radius 1 is 0.967 bits per heavy atom. The highest BCUT2D eigenvalue weighted by Crippen LogP contribution is 2.65. The van der Waals surface area contributed by atoms with Crippen molar-refractivity contribution in [1.29, 1.82) is 5.26 Å². The Hall–Kier alpha value is -1.49. The molecule has 2 nitrogen and oxygen atoms in total. The molecule has 30 heavy (non-hydrogen) atoms. The predicted molar refractivity (Wildman–Crippen MR) is 124 cm³/mol. The largest absolute Gasteiger partial charge is 0.382 e. The van der Waals surface area contributed by atoms with Crippen LogP contribution in [0.1, 0.15) is 84.1 Å². The molecule has 0 heterocycles. The number of rotatable bonds is 3. The summed E-state index contributed by atoms with van der Waals surface area (Å²) in [6, 6.07) is 10.7. The Kier molecular flexibility index (Phi) is 5.37. The zero-order valence-electron chi connectivity index (χ0n) is 19.2. The fourth-order valence-electron chi connectivity index (χ4n) is 8.95. The minimum absolute atomic E-state index is 0.497. The molecule has 4 saturated carbocycles. The average molecular weight is 405 g/mol. The molecule has 0 aromatic heterocycles. The van der Waals surface area contributed by atoms with Gasteiger partial charge in [-0.25, -0.2) is 0 Å². The maximum atomic E-state index is 9.06. The van der Waals surface area contributed by atoms with Gasteiger partial charge < -0.3 is 5.32 Å². The van der Waals surface area contributed by atoms with Crippen molar-refractivity contribution < 1.29 is 0 Å². The molecule has 0 saturated heterocycles. The Morgan fingerprint density at radius 2 is 1.73 bits per heavy atom. The van der Waals surface area contributed by atoms with Crippen LogP contribution < -0.4 is 5.32 Å². The van der Waals surface area contributed by atoms with Gasteiger partial charge in [0.2, 0.25) is 0 Å². The van der Waals surface area contributed by atoms with Crippen LogP contribution in [0.3, 0.4) is 0 Å². The van der Waals surface area contributed by atoms with E-state index in [9.17, 15) is 0 Å². The Labute approximate surface area is 183 Å². The van der Waals surface area contributed by atoms with E-state index in [1.165, 1.54) is 63.5 Å². The first-order valence-corrected chi connectivity index (χ1v) is 12.8. The van der Waals surface area contributed by atoms with Crippen molar-refractivity contribution in [3.8, 4) is 6.07 Å². The lowest BCUT2D eigenvalue weighted by molar-refractivity contribution is -0.0683. The molecule has 4 aliphatic rings. The van der Waals surface area contributed by atoms with Crippen molar-refractivity contribution in [2.45, 2.75) is 84.6 Å². The van der Waals surface area contributed by atoms with Gasteiger partial charge in [-0.2, -0.15) is 5.26 Å². The molecule has 162 valence electrons. The van der Waals surface area contributed by atoms with Gasteiger partial charge in [-0.1, -0.05) is 20.3 Å². The quantitative estimate of drug-likeness (QED) is 0.575. The van der Waals surface area contributed by atoms with Crippen LogP contribution in [0.15, 0.2) is 24.3 Å². The first kappa shape index (κ1) is 20.4. The Morgan fingerprint density at radius 3 is 2.50 bits per heavy atom. The van der Waals surface area contributed by atoms with E-state index in [4.69, 9.17) is 5.26 Å². The lowest BCUT2D eigenvalue weighted by Gasteiger charge is -2.56. The zero-order valence-corrected chi connectivity index (χ0v) is 19.2. The van der Waals surface area contributed by atoms with E-state index in [1.54, 1.807) is 0 Å². The fourth-order valence-corrected chi connectivity index (χ4v) is 8.95. The number of anilines is 1. The normalized spacial score (nSPS) is 43.6. The van der Waals surface area contributed by atoms with Gasteiger partial charge >= 0.3 is 0 Å². The van der Waals surface area contributed by atoms with Gasteiger partial charge in [0.1, 0.15) is 0 Å². The second kappa shape index (κ2) is 7.89. The van der Waals surface area contributed by atoms with Gasteiger partial charge in [-0.05, 0) is 129 Å². The molecule has 0 aliphatic heterocycles. The summed E-state index contributed by atoms with van der Waals surface area (Å²) in [5.41, 5.74) is 2.42. The van der Waals surface area contributed by atoms with E-state index in [-0.39, 0.29) is 0 Å². The van der Waals surface area contributed by atoms with Crippen LogP contribution >= 0.6 is 0 Å². The lowest BCUT2D eigenvalue weighted by atomic mass is 9.49. The number of hydrogen-bond donors (Lipinski definition) is 1. The number of nitriles is 1. The Balaban J connectivity index is 1.29. The monoisotopic (exact) mass is 404 g/mol. The highest BCUT2D eigenvalue weighted by atomic mass is 14.9. The van der Waals surface area contributed by atoms with Gasteiger partial charge in [0.05, 0.1) is 11.6 Å². The summed E-state index contributed by atoms with van der Waals surface area (Å²) in [6.07, 6.45) is 13.3. The minimum Gasteiger partial charge on any atom is -0.382 e. The number of benzene rings is 1. The van der Waals surface area contributed by atoms with Crippen LogP contribution in [-0.2, 0) is 0 Å². The third-order valence-corrected chi connectivity index (χ3v) is 10.3. The lowest BCUT2D eigenvalue weighted by Crippen LogP contribution is -2.50. The summed E-state index contributed by atoms with van der Waals surface area (Å²) in [5, 5.41) is 12.9. The van der Waals surface area contributed by atoms with Crippen LogP contribution in [0.4, 0.5) is 5.69 Å². The minimum atomic E-state index is 0.497. The molecule has 0 radical (unpaired) electrons. The van der Waals surface area contributed by atoms with Gasteiger partial charge in [0.25, 0.3) is 0 Å². The van der Waals surface area contributed by atoms with Crippen molar-refractivity contribution >= 4 is 5.69 Å². The first-order valence-electron chi connectivity index (χ1n) is 12.8. The van der Waals surface area contributed by atoms with E-state index in [0.29, 0.717) is 11.5 Å². The van der Waals surface area contributed by atoms with E-state index in [0.717, 1.165) is 47.0 Å². The second-order valence-electron chi connectivity index (χ2n) is 11.7. The van der Waals surface area contributed by atoms with Crippen molar-refractivity contribution in [3.63, 3.8) is 0 Å². The maximum absolute atomic E-state index is 9.06. The van der Waals surface area contributed by atoms with Gasteiger partial charge in [0.15, 0.2) is 0 Å². The number of fused-ring (bicyclic) bond motifs is 5. The number of hydrogen-bond acceptors (Lipinski definition) is 2. The molecule has 0 amide bonds. The molecule has 9 atom stereocenters. The van der Waals surface area contributed by atoms with Gasteiger partial charge in [-0.15, -0.1) is 0 Å². The molecule has 4 aliphatic carbocycles. The van der Waals surface area contributed by atoms with E-state index in [1.807, 2.05) is 12.1 Å². The second-order valence-corrected chi connectivity index (χ2v) is 11.7. The Bertz CT molecular complexity index is 792. The summed E-state index contributed by atoms with van der Waals surface area (Å²) in [4.78, 5) is 0. The SMILES string of the molecule is C[C@H]1CC[C@@H]2C3CC[C@@]4(C)C(CCC4[C@H](C)Nc4ccc(C#N)cc4)[C@@H]3CC[C@@H]2C1. The molecular weight excluding hydrogens is 364 g/mol. The smallest absolute Gasteiger partial charge is 0.0991 e. The van der Waals surface area contributed by atoms with Crippen molar-refractivity contribution in [2.24, 2.45) is 46.8 Å². The highest BCUT2D eigenvalue weighted by Gasteiger charge is 2.57. The van der Waals surface area contributed by atoms with Gasteiger partial charge in [-0.3, -0.25) is 0 Å². The third kappa shape index (κ3) is 3.37. The van der Waals surface area contributed by atoms with Crippen LogP contribution in [0.5, 0.6) is 0 Å². The molecule has 4 fully saturated rings. The van der Waals surface area contributed by atoms with Crippen LogP contribution in [0.2, 0.25) is 0 Å². The molecule has 1 N–H and O–H groups in total. The van der Waals surface area contributed by atoms with Crippen molar-refractivity contribution in [3.05, 3.63) is 29.8 Å². The molecular formula is C28H40N2. The molecule has 0 bridgehead atoms. The number of nitrogens with one attached hydrogen (secondary N) is 1. The zero-order chi connectivity index (χ0) is 20.9. The molecule has 3 unspecified atom stereocenters. The van der Waals surface area contributed by atoms with Crippen LogP contribution in [-0.4, -0.2) is 6.04 Å². The summed E-state index contributed by atoms with van der Waals surface area (Å²) in [7, 11) is 0. The summed E-state index contributed by atoms with van der Waals surface area (Å²) in [6.45, 7) is 7.55. The predicted octanol–water partition coefficient (Wildman–Crippen LogP) is 7.26. The topological polar surface area (TPSA) is 35.8 Å². The maximum Gasteiger partial charge on any atom is 0.0991 e. The molecule has 1 aromatic rings. The van der Waals surface area contributed by atoms with Crippen molar-refractivity contribution in [1.82, 2.24) is 0 Å². The molecule has 2 heteroatoms. The van der Waals surface area contributed by atoms with Crippen LogP contribution in [0.25, 0.3) is 0 Å². The van der Waals surface area contributed by atoms with Crippen molar-refractivity contribution in [2.75, 3.05) is 5.32 Å². The van der Waals surface area contributed by atoms with E-state index in [2.05, 4.69) is 44.3 Å². The summed E-state index contributed by atoms with van der Waals surface area (Å²) >= 11 is 0. The van der Waals surface area contributed by atoms with Gasteiger partial charge in [0, 0.05) is 11.7 Å². The van der Waals surface area contributed by atoms with E-state index >= 15 is 0 Å². The fraction of sp³-hybridized carbons (Fsp3) is 0.750. The summed E-state index contributed by atoms with van der Waals surface area (Å²) < 4.78 is 0.